The van der Waals surface area contributed by atoms with Gasteiger partial charge < -0.3 is 4.90 Å². The number of amidine groups is 1. The van der Waals surface area contributed by atoms with Gasteiger partial charge in [-0.2, -0.15) is 0 Å². The molecule has 2 nitrogen and oxygen atoms in total. The van der Waals surface area contributed by atoms with Gasteiger partial charge in [-0.25, -0.2) is 4.39 Å². The molecule has 1 N–H and O–H groups in total. The van der Waals surface area contributed by atoms with E-state index in [0.717, 1.165) is 13.1 Å². The SMILES string of the molecule is CCN(CC)C(=N)c1cc(F)cc(Br)c1. The highest BCUT2D eigenvalue weighted by atomic mass is 79.9. The van der Waals surface area contributed by atoms with Crippen molar-refractivity contribution in [2.45, 2.75) is 13.8 Å². The summed E-state index contributed by atoms with van der Waals surface area (Å²) in [6, 6.07) is 4.52. The zero-order valence-electron chi connectivity index (χ0n) is 8.85. The summed E-state index contributed by atoms with van der Waals surface area (Å²) in [5.41, 5.74) is 0.602. The second kappa shape index (κ2) is 5.26. The first-order valence-electron chi connectivity index (χ1n) is 4.88. The second-order valence-corrected chi connectivity index (χ2v) is 4.09. The van der Waals surface area contributed by atoms with E-state index in [1.807, 2.05) is 18.7 Å². The first-order valence-corrected chi connectivity index (χ1v) is 5.67. The number of hydrogen-bond donors (Lipinski definition) is 1. The molecule has 15 heavy (non-hydrogen) atoms. The molecule has 4 heteroatoms. The van der Waals surface area contributed by atoms with Crippen LogP contribution in [-0.2, 0) is 0 Å². The number of benzene rings is 1. The maximum atomic E-state index is 13.1. The zero-order chi connectivity index (χ0) is 11.4. The van der Waals surface area contributed by atoms with Gasteiger partial charge in [0, 0.05) is 23.1 Å². The minimum absolute atomic E-state index is 0.323. The van der Waals surface area contributed by atoms with Gasteiger partial charge in [0.15, 0.2) is 0 Å². The Labute approximate surface area is 97.7 Å². The second-order valence-electron chi connectivity index (χ2n) is 3.18. The van der Waals surface area contributed by atoms with Crippen molar-refractivity contribution in [3.8, 4) is 0 Å². The smallest absolute Gasteiger partial charge is 0.128 e. The maximum absolute atomic E-state index is 13.1. The Morgan fingerprint density at radius 3 is 2.40 bits per heavy atom. The monoisotopic (exact) mass is 272 g/mol. The van der Waals surface area contributed by atoms with Crippen molar-refractivity contribution in [3.63, 3.8) is 0 Å². The average Bonchev–Trinajstić information content (AvgIpc) is 2.18. The lowest BCUT2D eigenvalue weighted by molar-refractivity contribution is 0.463. The molecule has 0 heterocycles. The molecule has 0 aliphatic heterocycles. The topological polar surface area (TPSA) is 27.1 Å². The van der Waals surface area contributed by atoms with Crippen molar-refractivity contribution in [3.05, 3.63) is 34.1 Å². The van der Waals surface area contributed by atoms with Crippen molar-refractivity contribution in [2.75, 3.05) is 13.1 Å². The molecule has 0 aliphatic carbocycles. The van der Waals surface area contributed by atoms with Crippen LogP contribution in [-0.4, -0.2) is 23.8 Å². The van der Waals surface area contributed by atoms with Crippen molar-refractivity contribution in [1.29, 1.82) is 5.41 Å². The van der Waals surface area contributed by atoms with Gasteiger partial charge in [-0.3, -0.25) is 5.41 Å². The number of halogens is 2. The molecule has 0 unspecified atom stereocenters. The van der Waals surface area contributed by atoms with E-state index < -0.39 is 0 Å². The molecule has 0 saturated carbocycles. The predicted molar refractivity (Wildman–Crippen MR) is 63.8 cm³/mol. The lowest BCUT2D eigenvalue weighted by Crippen LogP contribution is -2.30. The fourth-order valence-corrected chi connectivity index (χ4v) is 1.88. The molecule has 82 valence electrons. The van der Waals surface area contributed by atoms with Gasteiger partial charge in [-0.05, 0) is 32.0 Å². The Hall–Kier alpha value is -0.900. The van der Waals surface area contributed by atoms with Crippen LogP contribution in [0.2, 0.25) is 0 Å². The first kappa shape index (κ1) is 12.2. The fraction of sp³-hybridized carbons (Fsp3) is 0.364. The molecular formula is C11H14BrFN2. The summed E-state index contributed by atoms with van der Waals surface area (Å²) in [6.45, 7) is 5.46. The highest BCUT2D eigenvalue weighted by molar-refractivity contribution is 9.10. The molecule has 0 aliphatic rings. The third kappa shape index (κ3) is 3.02. The fourth-order valence-electron chi connectivity index (χ4n) is 1.41. The first-order chi connectivity index (χ1) is 7.08. The molecule has 1 rings (SSSR count). The molecule has 0 amide bonds. The van der Waals surface area contributed by atoms with Crippen LogP contribution >= 0.6 is 15.9 Å². The van der Waals surface area contributed by atoms with Crippen molar-refractivity contribution < 1.29 is 4.39 Å². The van der Waals surface area contributed by atoms with E-state index in [0.29, 0.717) is 15.9 Å². The van der Waals surface area contributed by atoms with E-state index in [1.54, 1.807) is 6.07 Å². The Morgan fingerprint density at radius 1 is 1.33 bits per heavy atom. The molecule has 0 aromatic heterocycles. The average molecular weight is 273 g/mol. The van der Waals surface area contributed by atoms with Gasteiger partial charge >= 0.3 is 0 Å². The normalized spacial score (nSPS) is 10.1. The van der Waals surface area contributed by atoms with Crippen LogP contribution in [0.1, 0.15) is 19.4 Å². The van der Waals surface area contributed by atoms with Crippen LogP contribution in [0.3, 0.4) is 0 Å². The molecule has 0 radical (unpaired) electrons. The lowest BCUT2D eigenvalue weighted by atomic mass is 10.2. The molecule has 0 fully saturated rings. The molecular weight excluding hydrogens is 259 g/mol. The van der Waals surface area contributed by atoms with Gasteiger partial charge in [0.05, 0.1) is 0 Å². The Balaban J connectivity index is 3.00. The van der Waals surface area contributed by atoms with E-state index in [-0.39, 0.29) is 5.82 Å². The number of nitrogens with one attached hydrogen (secondary N) is 1. The standard InChI is InChI=1S/C11H14BrFN2/c1-3-15(4-2)11(14)8-5-9(12)7-10(13)6-8/h5-7,14H,3-4H2,1-2H3. The Morgan fingerprint density at radius 2 is 1.93 bits per heavy atom. The van der Waals surface area contributed by atoms with Crippen molar-refractivity contribution in [2.24, 2.45) is 0 Å². The highest BCUT2D eigenvalue weighted by Crippen LogP contribution is 2.16. The van der Waals surface area contributed by atoms with Crippen LogP contribution in [0, 0.1) is 11.2 Å². The molecule has 1 aromatic rings. The maximum Gasteiger partial charge on any atom is 0.128 e. The summed E-state index contributed by atoms with van der Waals surface area (Å²) in [5.74, 6) is 0.0384. The summed E-state index contributed by atoms with van der Waals surface area (Å²) in [6.07, 6.45) is 0. The minimum Gasteiger partial charge on any atom is -0.357 e. The van der Waals surface area contributed by atoms with Crippen LogP contribution in [0.4, 0.5) is 4.39 Å². The van der Waals surface area contributed by atoms with Gasteiger partial charge in [0.25, 0.3) is 0 Å². The summed E-state index contributed by atoms with van der Waals surface area (Å²) in [4.78, 5) is 1.88. The van der Waals surface area contributed by atoms with E-state index in [1.165, 1.54) is 12.1 Å². The van der Waals surface area contributed by atoms with E-state index >= 15 is 0 Å². The summed E-state index contributed by atoms with van der Waals surface area (Å²) in [7, 11) is 0. The number of hydrogen-bond acceptors (Lipinski definition) is 1. The van der Waals surface area contributed by atoms with Gasteiger partial charge in [-0.1, -0.05) is 15.9 Å². The Bertz CT molecular complexity index is 341. The predicted octanol–water partition coefficient (Wildman–Crippen LogP) is 3.26. The summed E-state index contributed by atoms with van der Waals surface area (Å²) >= 11 is 3.22. The third-order valence-electron chi connectivity index (χ3n) is 2.22. The van der Waals surface area contributed by atoms with Gasteiger partial charge in [-0.15, -0.1) is 0 Å². The summed E-state index contributed by atoms with van der Waals surface area (Å²) < 4.78 is 13.8. The van der Waals surface area contributed by atoms with Crippen LogP contribution < -0.4 is 0 Å². The number of nitrogens with zero attached hydrogens (tertiary/aromatic N) is 1. The number of rotatable bonds is 3. The lowest BCUT2D eigenvalue weighted by Gasteiger charge is -2.21. The van der Waals surface area contributed by atoms with Crippen LogP contribution in [0.25, 0.3) is 0 Å². The molecule has 0 bridgehead atoms. The van der Waals surface area contributed by atoms with Crippen molar-refractivity contribution in [1.82, 2.24) is 4.90 Å². The van der Waals surface area contributed by atoms with E-state index in [9.17, 15) is 4.39 Å². The third-order valence-corrected chi connectivity index (χ3v) is 2.67. The molecule has 0 spiro atoms. The van der Waals surface area contributed by atoms with Crippen LogP contribution in [0.15, 0.2) is 22.7 Å². The molecule has 0 atom stereocenters. The zero-order valence-corrected chi connectivity index (χ0v) is 10.4. The highest BCUT2D eigenvalue weighted by Gasteiger charge is 2.09. The Kier molecular flexibility index (Phi) is 4.27. The minimum atomic E-state index is -0.323. The van der Waals surface area contributed by atoms with Gasteiger partial charge in [0.1, 0.15) is 11.7 Å². The largest absolute Gasteiger partial charge is 0.357 e. The molecule has 1 aromatic carbocycles. The summed E-state index contributed by atoms with van der Waals surface area (Å²) in [5, 5.41) is 7.92. The van der Waals surface area contributed by atoms with Gasteiger partial charge in [0.2, 0.25) is 0 Å². The molecule has 0 saturated heterocycles. The van der Waals surface area contributed by atoms with E-state index in [2.05, 4.69) is 15.9 Å². The van der Waals surface area contributed by atoms with E-state index in [4.69, 9.17) is 5.41 Å². The van der Waals surface area contributed by atoms with Crippen molar-refractivity contribution >= 4 is 21.8 Å². The van der Waals surface area contributed by atoms with Crippen LogP contribution in [0.5, 0.6) is 0 Å². The quantitative estimate of drug-likeness (QED) is 0.664.